The number of fused-ring (bicyclic) bond motifs is 3. The van der Waals surface area contributed by atoms with Crippen LogP contribution in [0.5, 0.6) is 0 Å². The minimum absolute atomic E-state index is 0.584. The molecule has 2 nitrogen and oxygen atoms in total. The van der Waals surface area contributed by atoms with Gasteiger partial charge >= 0.3 is 0 Å². The van der Waals surface area contributed by atoms with Crippen molar-refractivity contribution in [2.45, 2.75) is 0 Å². The average molecular weight is 456 g/mol. The minimum atomic E-state index is 0.584. The minimum Gasteiger partial charge on any atom is -0.456 e. The zero-order valence-electron chi connectivity index (χ0n) is 18.1. The van der Waals surface area contributed by atoms with Gasteiger partial charge in [-0.05, 0) is 52.6 Å². The van der Waals surface area contributed by atoms with Crippen molar-refractivity contribution in [3.63, 3.8) is 0 Å². The molecular formula is C31H18ClNO. The van der Waals surface area contributed by atoms with E-state index in [9.17, 15) is 5.26 Å². The largest absolute Gasteiger partial charge is 0.456 e. The fourth-order valence-electron chi connectivity index (χ4n) is 4.55. The summed E-state index contributed by atoms with van der Waals surface area (Å²) in [5.41, 5.74) is 7.95. The quantitative estimate of drug-likeness (QED) is 0.267. The third-order valence-corrected chi connectivity index (χ3v) is 6.43. The van der Waals surface area contributed by atoms with Crippen LogP contribution in [0.1, 0.15) is 5.56 Å². The zero-order chi connectivity index (χ0) is 23.1. The topological polar surface area (TPSA) is 36.9 Å². The first-order valence-corrected chi connectivity index (χ1v) is 11.4. The number of halogens is 1. The highest BCUT2D eigenvalue weighted by Crippen LogP contribution is 2.38. The lowest BCUT2D eigenvalue weighted by atomic mass is 9.91. The van der Waals surface area contributed by atoms with Gasteiger partial charge in [-0.1, -0.05) is 90.5 Å². The molecule has 0 radical (unpaired) electrons. The van der Waals surface area contributed by atoms with Gasteiger partial charge in [0.2, 0.25) is 0 Å². The van der Waals surface area contributed by atoms with Gasteiger partial charge in [0.25, 0.3) is 0 Å². The molecule has 0 atom stereocenters. The molecule has 160 valence electrons. The second-order valence-corrected chi connectivity index (χ2v) is 8.68. The molecule has 0 aliphatic rings. The Hall–Kier alpha value is -4.32. The first kappa shape index (κ1) is 20.3. The third kappa shape index (κ3) is 3.44. The maximum atomic E-state index is 10.2. The summed E-state index contributed by atoms with van der Waals surface area (Å²) in [4.78, 5) is 0. The molecule has 1 aromatic heterocycles. The van der Waals surface area contributed by atoms with E-state index in [2.05, 4.69) is 36.4 Å². The van der Waals surface area contributed by atoms with Crippen molar-refractivity contribution in [1.29, 1.82) is 5.26 Å². The van der Waals surface area contributed by atoms with Gasteiger partial charge in [-0.3, -0.25) is 0 Å². The fraction of sp³-hybridized carbons (Fsp3) is 0. The second-order valence-electron chi connectivity index (χ2n) is 8.24. The lowest BCUT2D eigenvalue weighted by Crippen LogP contribution is -1.91. The molecule has 0 fully saturated rings. The van der Waals surface area contributed by atoms with Gasteiger partial charge in [-0.25, -0.2) is 0 Å². The molecule has 0 saturated carbocycles. The van der Waals surface area contributed by atoms with Crippen molar-refractivity contribution in [3.05, 3.63) is 120 Å². The average Bonchev–Trinajstić information content (AvgIpc) is 3.26. The maximum absolute atomic E-state index is 10.2. The van der Waals surface area contributed by atoms with E-state index in [1.54, 1.807) is 0 Å². The van der Waals surface area contributed by atoms with E-state index in [-0.39, 0.29) is 0 Å². The molecule has 34 heavy (non-hydrogen) atoms. The predicted molar refractivity (Wildman–Crippen MR) is 140 cm³/mol. The summed E-state index contributed by atoms with van der Waals surface area (Å²) in [6.07, 6.45) is 0. The summed E-state index contributed by atoms with van der Waals surface area (Å²) in [5, 5.41) is 12.9. The lowest BCUT2D eigenvalue weighted by molar-refractivity contribution is 0.669. The molecule has 0 aliphatic carbocycles. The zero-order valence-corrected chi connectivity index (χ0v) is 18.9. The van der Waals surface area contributed by atoms with Gasteiger partial charge in [0.1, 0.15) is 17.2 Å². The Kier molecular flexibility index (Phi) is 4.91. The molecule has 0 saturated heterocycles. The molecule has 6 rings (SSSR count). The first-order valence-electron chi connectivity index (χ1n) is 11.0. The SMILES string of the molecule is N#Cc1c(-c2ccc(-c3ccccc3)cc2)cc(Cl)cc1-c1ccc2c(c1)oc1ccccc12. The summed E-state index contributed by atoms with van der Waals surface area (Å²) in [6.45, 7) is 0. The number of benzene rings is 5. The standard InChI is InChI=1S/C31H18ClNO/c32-24-17-27(22-12-10-21(11-13-22)20-6-2-1-3-7-20)29(19-33)28(18-24)23-14-15-26-25-8-4-5-9-30(25)34-31(26)16-23/h1-18H. The Labute approximate surface area is 202 Å². The van der Waals surface area contributed by atoms with Crippen LogP contribution >= 0.6 is 11.6 Å². The molecule has 5 aromatic carbocycles. The summed E-state index contributed by atoms with van der Waals surface area (Å²) < 4.78 is 6.07. The Morgan fingerprint density at radius 2 is 1.15 bits per heavy atom. The lowest BCUT2D eigenvalue weighted by Gasteiger charge is -2.12. The Morgan fingerprint density at radius 3 is 1.91 bits per heavy atom. The fourth-order valence-corrected chi connectivity index (χ4v) is 4.77. The molecule has 6 aromatic rings. The van der Waals surface area contributed by atoms with E-state index in [4.69, 9.17) is 16.0 Å². The molecule has 0 spiro atoms. The van der Waals surface area contributed by atoms with Crippen molar-refractivity contribution < 1.29 is 4.42 Å². The molecular weight excluding hydrogens is 438 g/mol. The molecule has 0 aliphatic heterocycles. The van der Waals surface area contributed by atoms with E-state index in [0.29, 0.717) is 10.6 Å². The number of nitriles is 1. The predicted octanol–water partition coefficient (Wildman–Crippen LogP) is 9.11. The molecule has 0 unspecified atom stereocenters. The van der Waals surface area contributed by atoms with Gasteiger partial charge in [-0.15, -0.1) is 0 Å². The third-order valence-electron chi connectivity index (χ3n) is 6.21. The Morgan fingerprint density at radius 1 is 0.559 bits per heavy atom. The normalized spacial score (nSPS) is 11.1. The highest BCUT2D eigenvalue weighted by atomic mass is 35.5. The van der Waals surface area contributed by atoms with Crippen LogP contribution in [0.2, 0.25) is 5.02 Å². The Balaban J connectivity index is 1.48. The van der Waals surface area contributed by atoms with Crippen LogP contribution in [0, 0.1) is 11.3 Å². The van der Waals surface area contributed by atoms with Crippen LogP contribution in [-0.2, 0) is 0 Å². The monoisotopic (exact) mass is 455 g/mol. The van der Waals surface area contributed by atoms with Gasteiger partial charge in [0, 0.05) is 26.9 Å². The van der Waals surface area contributed by atoms with Gasteiger partial charge in [-0.2, -0.15) is 5.26 Å². The van der Waals surface area contributed by atoms with E-state index in [1.807, 2.05) is 78.9 Å². The van der Waals surface area contributed by atoms with Crippen molar-refractivity contribution in [2.75, 3.05) is 0 Å². The van der Waals surface area contributed by atoms with Crippen molar-refractivity contribution in [3.8, 4) is 39.4 Å². The highest BCUT2D eigenvalue weighted by Gasteiger charge is 2.16. The Bertz CT molecular complexity index is 1710. The van der Waals surface area contributed by atoms with Crippen LogP contribution in [-0.4, -0.2) is 0 Å². The van der Waals surface area contributed by atoms with Crippen LogP contribution < -0.4 is 0 Å². The van der Waals surface area contributed by atoms with Crippen LogP contribution in [0.15, 0.2) is 114 Å². The molecule has 0 amide bonds. The molecule has 0 bridgehead atoms. The van der Waals surface area contributed by atoms with E-state index < -0.39 is 0 Å². The number of hydrogen-bond acceptors (Lipinski definition) is 2. The summed E-state index contributed by atoms with van der Waals surface area (Å²) in [6, 6.07) is 38.7. The van der Waals surface area contributed by atoms with Crippen molar-refractivity contribution in [2.24, 2.45) is 0 Å². The number of para-hydroxylation sites is 1. The summed E-state index contributed by atoms with van der Waals surface area (Å²) >= 11 is 6.56. The van der Waals surface area contributed by atoms with Gasteiger partial charge < -0.3 is 4.42 Å². The van der Waals surface area contributed by atoms with Gasteiger partial charge in [0.15, 0.2) is 0 Å². The summed E-state index contributed by atoms with van der Waals surface area (Å²) in [7, 11) is 0. The molecule has 1 heterocycles. The number of hydrogen-bond donors (Lipinski definition) is 0. The molecule has 0 N–H and O–H groups in total. The van der Waals surface area contributed by atoms with E-state index in [1.165, 1.54) is 0 Å². The second kappa shape index (κ2) is 8.23. The van der Waals surface area contributed by atoms with Crippen LogP contribution in [0.3, 0.4) is 0 Å². The molecule has 3 heteroatoms. The first-order chi connectivity index (χ1) is 16.7. The van der Waals surface area contributed by atoms with Crippen LogP contribution in [0.25, 0.3) is 55.3 Å². The number of furan rings is 1. The van der Waals surface area contributed by atoms with Crippen molar-refractivity contribution in [1.82, 2.24) is 0 Å². The van der Waals surface area contributed by atoms with Gasteiger partial charge in [0.05, 0.1) is 5.56 Å². The maximum Gasteiger partial charge on any atom is 0.136 e. The van der Waals surface area contributed by atoms with E-state index >= 15 is 0 Å². The number of rotatable bonds is 3. The van der Waals surface area contributed by atoms with E-state index in [0.717, 1.165) is 55.3 Å². The van der Waals surface area contributed by atoms with Crippen LogP contribution in [0.4, 0.5) is 0 Å². The smallest absolute Gasteiger partial charge is 0.136 e. The van der Waals surface area contributed by atoms with Crippen molar-refractivity contribution >= 4 is 33.5 Å². The summed E-state index contributed by atoms with van der Waals surface area (Å²) in [5.74, 6) is 0. The highest BCUT2D eigenvalue weighted by molar-refractivity contribution is 6.31. The number of nitrogens with zero attached hydrogens (tertiary/aromatic N) is 1.